The van der Waals surface area contributed by atoms with Gasteiger partial charge < -0.3 is 9.63 Å². The van der Waals surface area contributed by atoms with Crippen molar-refractivity contribution < 1.29 is 28.8 Å². The Bertz CT molecular complexity index is 1250. The van der Waals surface area contributed by atoms with E-state index in [0.717, 1.165) is 27.1 Å². The van der Waals surface area contributed by atoms with Crippen molar-refractivity contribution in [2.24, 2.45) is 0 Å². The molecule has 162 valence electrons. The van der Waals surface area contributed by atoms with Crippen LogP contribution >= 0.6 is 7.82 Å². The number of rotatable bonds is 5. The molecule has 4 aromatic carbocycles. The average molecular weight is 462 g/mol. The zero-order valence-electron chi connectivity index (χ0n) is 16.9. The second-order valence-electron chi connectivity index (χ2n) is 6.96. The van der Waals surface area contributed by atoms with E-state index in [1.807, 2.05) is 73.7 Å². The van der Waals surface area contributed by atoms with Crippen LogP contribution in [-0.2, 0) is 9.36 Å². The Morgan fingerprint density at radius 2 is 1.47 bits per heavy atom. The van der Waals surface area contributed by atoms with Gasteiger partial charge in [0.05, 0.1) is 5.92 Å². The Morgan fingerprint density at radius 3 is 2.09 bits per heavy atom. The molecule has 32 heavy (non-hydrogen) atoms. The van der Waals surface area contributed by atoms with Crippen LogP contribution < -0.4 is 4.52 Å². The van der Waals surface area contributed by atoms with Gasteiger partial charge in [0, 0.05) is 0 Å². The summed E-state index contributed by atoms with van der Waals surface area (Å²) in [6.45, 7) is 1.90. The molecule has 0 saturated heterocycles. The molecule has 4 aromatic rings. The first-order valence-electron chi connectivity index (χ1n) is 9.73. The standard InChI is InChI=1S/C14H14O2.C10H9O4P.Na.H/c1-2-11(14(15)16)13-9-5-7-10-6-3-4-8-12(10)13;11-15(12,13)14-10-6-5-8-3-1-2-4-9(8)7-10;;/h3-9,11H,2H2,1H3,(H,15,16);1-7H,(H2,11,12,13);;. The first kappa shape index (κ1) is 26.1. The maximum absolute atomic E-state index is 11.2. The summed E-state index contributed by atoms with van der Waals surface area (Å²) in [7, 11) is -4.47. The third-order valence-corrected chi connectivity index (χ3v) is 5.30. The molecule has 0 aliphatic rings. The van der Waals surface area contributed by atoms with E-state index in [9.17, 15) is 14.5 Å². The van der Waals surface area contributed by atoms with Gasteiger partial charge in [-0.2, -0.15) is 0 Å². The number of carboxylic acid groups (broad SMARTS) is 1. The van der Waals surface area contributed by atoms with Crippen molar-refractivity contribution in [2.45, 2.75) is 19.3 Å². The average Bonchev–Trinajstić information content (AvgIpc) is 2.73. The fourth-order valence-corrected chi connectivity index (χ4v) is 3.83. The van der Waals surface area contributed by atoms with Crippen molar-refractivity contribution in [2.75, 3.05) is 0 Å². The van der Waals surface area contributed by atoms with Gasteiger partial charge in [0.2, 0.25) is 0 Å². The quantitative estimate of drug-likeness (QED) is 0.282. The number of hydrogen-bond acceptors (Lipinski definition) is 3. The van der Waals surface area contributed by atoms with E-state index in [-0.39, 0.29) is 35.3 Å². The Labute approximate surface area is 208 Å². The Kier molecular flexibility index (Phi) is 9.47. The van der Waals surface area contributed by atoms with Crippen molar-refractivity contribution in [3.63, 3.8) is 0 Å². The van der Waals surface area contributed by atoms with Gasteiger partial charge in [-0.3, -0.25) is 14.6 Å². The van der Waals surface area contributed by atoms with E-state index >= 15 is 0 Å². The SMILES string of the molecule is CCC(C(=O)O)c1cccc2ccccc12.O=P(O)(O)Oc1ccc2ccccc2c1.[NaH]. The van der Waals surface area contributed by atoms with Gasteiger partial charge in [0.1, 0.15) is 5.75 Å². The van der Waals surface area contributed by atoms with Crippen LogP contribution in [0.1, 0.15) is 24.8 Å². The molecule has 0 spiro atoms. The second kappa shape index (κ2) is 11.6. The monoisotopic (exact) mass is 462 g/mol. The predicted molar refractivity (Wildman–Crippen MR) is 128 cm³/mol. The van der Waals surface area contributed by atoms with E-state index in [1.54, 1.807) is 12.1 Å². The van der Waals surface area contributed by atoms with Crippen molar-refractivity contribution in [1.82, 2.24) is 0 Å². The van der Waals surface area contributed by atoms with Crippen LogP contribution in [0.2, 0.25) is 0 Å². The van der Waals surface area contributed by atoms with Crippen LogP contribution in [0.25, 0.3) is 21.5 Å². The molecule has 0 aromatic heterocycles. The van der Waals surface area contributed by atoms with Gasteiger partial charge in [-0.05, 0) is 45.7 Å². The van der Waals surface area contributed by atoms with Gasteiger partial charge in [-0.15, -0.1) is 0 Å². The topological polar surface area (TPSA) is 104 Å². The van der Waals surface area contributed by atoms with Crippen molar-refractivity contribution in [3.05, 3.63) is 90.5 Å². The van der Waals surface area contributed by atoms with Crippen molar-refractivity contribution >= 4 is 64.9 Å². The summed E-state index contributed by atoms with van der Waals surface area (Å²) >= 11 is 0. The number of phosphoric acid groups is 1. The fraction of sp³-hybridized carbons (Fsp3) is 0.125. The molecule has 0 aliphatic heterocycles. The molecule has 3 N–H and O–H groups in total. The summed E-state index contributed by atoms with van der Waals surface area (Å²) in [6.07, 6.45) is 0.614. The minimum atomic E-state index is -4.47. The molecule has 1 unspecified atom stereocenters. The zero-order chi connectivity index (χ0) is 22.4. The van der Waals surface area contributed by atoms with Crippen LogP contribution in [0, 0.1) is 0 Å². The van der Waals surface area contributed by atoms with Gasteiger partial charge in [0.25, 0.3) is 0 Å². The van der Waals surface area contributed by atoms with Gasteiger partial charge in [0.15, 0.2) is 0 Å². The van der Waals surface area contributed by atoms with E-state index in [1.165, 1.54) is 6.07 Å². The summed E-state index contributed by atoms with van der Waals surface area (Å²) in [5, 5.41) is 13.2. The second-order valence-corrected chi connectivity index (χ2v) is 8.12. The molecule has 0 heterocycles. The molecule has 8 heteroatoms. The number of aliphatic carboxylic acids is 1. The number of carbonyl (C=O) groups is 1. The molecule has 4 rings (SSSR count). The summed E-state index contributed by atoms with van der Waals surface area (Å²) in [5.41, 5.74) is 0.910. The molecular weight excluding hydrogens is 438 g/mol. The van der Waals surface area contributed by atoms with Gasteiger partial charge in [-0.1, -0.05) is 79.7 Å². The number of phosphoric ester groups is 1. The van der Waals surface area contributed by atoms with Gasteiger partial charge >= 0.3 is 43.3 Å². The van der Waals surface area contributed by atoms with Crippen LogP contribution in [0.4, 0.5) is 0 Å². The number of carboxylic acids is 1. The zero-order valence-corrected chi connectivity index (χ0v) is 17.8. The van der Waals surface area contributed by atoms with E-state index < -0.39 is 19.7 Å². The predicted octanol–water partition coefficient (Wildman–Crippen LogP) is 5.08. The number of hydrogen-bond donors (Lipinski definition) is 3. The number of benzene rings is 4. The maximum atomic E-state index is 11.2. The molecule has 0 amide bonds. The summed E-state index contributed by atoms with van der Waals surface area (Å²) in [5.74, 6) is -0.994. The third kappa shape index (κ3) is 6.91. The van der Waals surface area contributed by atoms with Crippen molar-refractivity contribution in [3.8, 4) is 5.75 Å². The van der Waals surface area contributed by atoms with Crippen LogP contribution in [0.15, 0.2) is 84.9 Å². The molecule has 0 radical (unpaired) electrons. The third-order valence-electron chi connectivity index (χ3n) is 4.85. The molecule has 0 aliphatic carbocycles. The Morgan fingerprint density at radius 1 is 0.875 bits per heavy atom. The first-order valence-corrected chi connectivity index (χ1v) is 11.3. The first-order chi connectivity index (χ1) is 14.8. The van der Waals surface area contributed by atoms with Crippen LogP contribution in [0.3, 0.4) is 0 Å². The molecule has 0 saturated carbocycles. The normalized spacial score (nSPS) is 11.7. The van der Waals surface area contributed by atoms with Crippen molar-refractivity contribution in [1.29, 1.82) is 0 Å². The van der Waals surface area contributed by atoms with E-state index in [0.29, 0.717) is 6.42 Å². The minimum absolute atomic E-state index is 0. The molecule has 0 fully saturated rings. The fourth-order valence-electron chi connectivity index (χ4n) is 3.44. The Balaban J connectivity index is 0.000000220. The summed E-state index contributed by atoms with van der Waals surface area (Å²) in [6, 6.07) is 26.1. The van der Waals surface area contributed by atoms with E-state index in [4.69, 9.17) is 9.79 Å². The van der Waals surface area contributed by atoms with Gasteiger partial charge in [-0.25, -0.2) is 4.57 Å². The summed E-state index contributed by atoms with van der Waals surface area (Å²) in [4.78, 5) is 28.4. The molecule has 6 nitrogen and oxygen atoms in total. The van der Waals surface area contributed by atoms with Crippen LogP contribution in [0.5, 0.6) is 5.75 Å². The summed E-state index contributed by atoms with van der Waals surface area (Å²) < 4.78 is 15.1. The number of fused-ring (bicyclic) bond motifs is 2. The molecular formula is C24H24NaO6P. The molecule has 1 atom stereocenters. The van der Waals surface area contributed by atoms with E-state index in [2.05, 4.69) is 4.52 Å². The Hall–Kier alpha value is -2.18. The van der Waals surface area contributed by atoms with Crippen LogP contribution in [-0.4, -0.2) is 50.4 Å². The molecule has 0 bridgehead atoms.